The Morgan fingerprint density at radius 3 is 2.03 bits per heavy atom. The fraction of sp³-hybridized carbons (Fsp3) is 0.0435. The Morgan fingerprint density at radius 2 is 1.48 bits per heavy atom. The van der Waals surface area contributed by atoms with Crippen LogP contribution in [-0.4, -0.2) is 16.1 Å². The summed E-state index contributed by atoms with van der Waals surface area (Å²) in [4.78, 5) is 16.5. The zero-order chi connectivity index (χ0) is 20.2. The van der Waals surface area contributed by atoms with Crippen LogP contribution in [0.5, 0.6) is 5.75 Å². The molecule has 0 aliphatic rings. The maximum atomic E-state index is 12.4. The third-order valence-corrected chi connectivity index (χ3v) is 4.31. The number of ether oxygens (including phenoxy) is 1. The van der Waals surface area contributed by atoms with E-state index in [1.165, 1.54) is 0 Å². The Balaban J connectivity index is 1.44. The van der Waals surface area contributed by atoms with Gasteiger partial charge in [0.25, 0.3) is 5.89 Å². The number of nitrogens with zero attached hydrogens (tertiary/aromatic N) is 3. The number of nitriles is 1. The molecule has 0 atom stereocenters. The summed E-state index contributed by atoms with van der Waals surface area (Å²) in [6, 6.07) is 23.4. The van der Waals surface area contributed by atoms with E-state index in [1.54, 1.807) is 55.5 Å². The highest BCUT2D eigenvalue weighted by atomic mass is 16.5. The van der Waals surface area contributed by atoms with Crippen molar-refractivity contribution in [2.75, 3.05) is 0 Å². The molecule has 0 bridgehead atoms. The number of esters is 1. The minimum Gasteiger partial charge on any atom is -0.423 e. The minimum absolute atomic E-state index is 0.404. The number of hydrogen-bond acceptors (Lipinski definition) is 6. The lowest BCUT2D eigenvalue weighted by Crippen LogP contribution is -2.08. The van der Waals surface area contributed by atoms with Crippen molar-refractivity contribution in [3.63, 3.8) is 0 Å². The SMILES string of the molecule is Cc1noc(-c2ccc(C(=O)Oc3ccc(-c4ccc(C#N)cc4)cc3)cc2)n1. The molecule has 0 aliphatic heterocycles. The molecule has 1 heterocycles. The third-order valence-electron chi connectivity index (χ3n) is 4.31. The van der Waals surface area contributed by atoms with E-state index in [4.69, 9.17) is 14.5 Å². The van der Waals surface area contributed by atoms with Crippen LogP contribution in [0.4, 0.5) is 0 Å². The molecule has 6 nitrogen and oxygen atoms in total. The van der Waals surface area contributed by atoms with Crippen LogP contribution in [0.15, 0.2) is 77.3 Å². The molecule has 4 rings (SSSR count). The average molecular weight is 381 g/mol. The van der Waals surface area contributed by atoms with Crippen molar-refractivity contribution in [1.29, 1.82) is 5.26 Å². The molecule has 29 heavy (non-hydrogen) atoms. The first-order valence-electron chi connectivity index (χ1n) is 8.86. The van der Waals surface area contributed by atoms with Crippen molar-refractivity contribution in [3.05, 3.63) is 89.7 Å². The molecule has 0 N–H and O–H groups in total. The predicted molar refractivity (Wildman–Crippen MR) is 106 cm³/mol. The predicted octanol–water partition coefficient (Wildman–Crippen LogP) is 4.80. The summed E-state index contributed by atoms with van der Waals surface area (Å²) in [5.74, 6) is 0.946. The number of hydrogen-bond donors (Lipinski definition) is 0. The van der Waals surface area contributed by atoms with Gasteiger partial charge in [0.15, 0.2) is 5.82 Å². The second-order valence-corrected chi connectivity index (χ2v) is 6.33. The van der Waals surface area contributed by atoms with Gasteiger partial charge >= 0.3 is 5.97 Å². The lowest BCUT2D eigenvalue weighted by atomic mass is 10.0. The summed E-state index contributed by atoms with van der Waals surface area (Å²) in [5, 5.41) is 12.6. The highest BCUT2D eigenvalue weighted by molar-refractivity contribution is 5.91. The van der Waals surface area contributed by atoms with Gasteiger partial charge in [-0.1, -0.05) is 29.4 Å². The maximum absolute atomic E-state index is 12.4. The second-order valence-electron chi connectivity index (χ2n) is 6.33. The Bertz CT molecular complexity index is 1190. The van der Waals surface area contributed by atoms with Crippen LogP contribution in [0, 0.1) is 18.3 Å². The van der Waals surface area contributed by atoms with Gasteiger partial charge < -0.3 is 9.26 Å². The average Bonchev–Trinajstić information content (AvgIpc) is 3.21. The molecule has 0 saturated carbocycles. The first-order chi connectivity index (χ1) is 14.1. The van der Waals surface area contributed by atoms with Crippen molar-refractivity contribution in [1.82, 2.24) is 10.1 Å². The standard InChI is InChI=1S/C23H15N3O3/c1-15-25-22(29-26-15)19-6-8-20(9-7-19)23(27)28-21-12-10-18(11-13-21)17-4-2-16(14-24)3-5-17/h2-13H,1H3. The zero-order valence-corrected chi connectivity index (χ0v) is 15.5. The second kappa shape index (κ2) is 7.79. The van der Waals surface area contributed by atoms with Gasteiger partial charge in [-0.15, -0.1) is 0 Å². The Morgan fingerprint density at radius 1 is 0.897 bits per heavy atom. The summed E-state index contributed by atoms with van der Waals surface area (Å²) in [5.41, 5.74) is 3.71. The number of rotatable bonds is 4. The number of aromatic nitrogens is 2. The van der Waals surface area contributed by atoms with E-state index < -0.39 is 5.97 Å². The molecule has 0 aliphatic carbocycles. The van der Waals surface area contributed by atoms with Crippen molar-refractivity contribution >= 4 is 5.97 Å². The van der Waals surface area contributed by atoms with Crippen LogP contribution in [0.3, 0.4) is 0 Å². The highest BCUT2D eigenvalue weighted by Gasteiger charge is 2.11. The number of carbonyl (C=O) groups excluding carboxylic acids is 1. The zero-order valence-electron chi connectivity index (χ0n) is 15.5. The molecule has 0 saturated heterocycles. The molecular formula is C23H15N3O3. The van der Waals surface area contributed by atoms with E-state index in [2.05, 4.69) is 16.2 Å². The van der Waals surface area contributed by atoms with E-state index >= 15 is 0 Å². The van der Waals surface area contributed by atoms with Gasteiger partial charge in [-0.3, -0.25) is 0 Å². The van der Waals surface area contributed by atoms with Crippen LogP contribution < -0.4 is 4.74 Å². The van der Waals surface area contributed by atoms with Crippen molar-refractivity contribution in [2.24, 2.45) is 0 Å². The van der Waals surface area contributed by atoms with E-state index in [1.807, 2.05) is 24.3 Å². The number of benzene rings is 3. The summed E-state index contributed by atoms with van der Waals surface area (Å²) in [7, 11) is 0. The van der Waals surface area contributed by atoms with Gasteiger partial charge in [-0.05, 0) is 66.6 Å². The van der Waals surface area contributed by atoms with Gasteiger partial charge in [0.2, 0.25) is 0 Å². The molecular weight excluding hydrogens is 366 g/mol. The van der Waals surface area contributed by atoms with Gasteiger partial charge in [-0.2, -0.15) is 10.2 Å². The van der Waals surface area contributed by atoms with E-state index in [-0.39, 0.29) is 0 Å². The molecule has 1 aromatic heterocycles. The summed E-state index contributed by atoms with van der Waals surface area (Å²) >= 11 is 0. The molecule has 3 aromatic carbocycles. The van der Waals surface area contributed by atoms with E-state index in [0.29, 0.717) is 28.6 Å². The third kappa shape index (κ3) is 4.04. The normalized spacial score (nSPS) is 10.3. The molecule has 0 amide bonds. The van der Waals surface area contributed by atoms with Crippen molar-refractivity contribution in [2.45, 2.75) is 6.92 Å². The smallest absolute Gasteiger partial charge is 0.343 e. The molecule has 140 valence electrons. The van der Waals surface area contributed by atoms with Crippen LogP contribution in [0.25, 0.3) is 22.6 Å². The Kier molecular flexibility index (Phi) is 4.87. The molecule has 0 fully saturated rings. The molecule has 0 spiro atoms. The lowest BCUT2D eigenvalue weighted by molar-refractivity contribution is 0.0735. The summed E-state index contributed by atoms with van der Waals surface area (Å²) in [6.45, 7) is 1.74. The number of carbonyl (C=O) groups is 1. The topological polar surface area (TPSA) is 89.0 Å². The Hall–Kier alpha value is -4.24. The quantitative estimate of drug-likeness (QED) is 0.372. The lowest BCUT2D eigenvalue weighted by Gasteiger charge is -2.06. The van der Waals surface area contributed by atoms with Crippen molar-refractivity contribution in [3.8, 4) is 34.4 Å². The molecule has 6 heteroatoms. The largest absolute Gasteiger partial charge is 0.423 e. The van der Waals surface area contributed by atoms with E-state index in [9.17, 15) is 4.79 Å². The van der Waals surface area contributed by atoms with Crippen LogP contribution >= 0.6 is 0 Å². The van der Waals surface area contributed by atoms with Crippen LogP contribution in [0.2, 0.25) is 0 Å². The monoisotopic (exact) mass is 381 g/mol. The first kappa shape index (κ1) is 18.1. The summed E-state index contributed by atoms with van der Waals surface area (Å²) < 4.78 is 10.6. The first-order valence-corrected chi connectivity index (χ1v) is 8.86. The maximum Gasteiger partial charge on any atom is 0.343 e. The van der Waals surface area contributed by atoms with E-state index in [0.717, 1.165) is 16.7 Å². The van der Waals surface area contributed by atoms with Gasteiger partial charge in [0.05, 0.1) is 17.2 Å². The summed E-state index contributed by atoms with van der Waals surface area (Å²) in [6.07, 6.45) is 0. The van der Waals surface area contributed by atoms with Crippen LogP contribution in [0.1, 0.15) is 21.7 Å². The molecule has 0 radical (unpaired) electrons. The Labute approximate surface area is 167 Å². The van der Waals surface area contributed by atoms with Gasteiger partial charge in [-0.25, -0.2) is 4.79 Å². The van der Waals surface area contributed by atoms with Crippen LogP contribution in [-0.2, 0) is 0 Å². The highest BCUT2D eigenvalue weighted by Crippen LogP contribution is 2.24. The molecule has 0 unspecified atom stereocenters. The van der Waals surface area contributed by atoms with Gasteiger partial charge in [0.1, 0.15) is 5.75 Å². The fourth-order valence-corrected chi connectivity index (χ4v) is 2.78. The number of aryl methyl sites for hydroxylation is 1. The van der Waals surface area contributed by atoms with Gasteiger partial charge in [0, 0.05) is 5.56 Å². The minimum atomic E-state index is -0.454. The molecule has 4 aromatic rings. The fourth-order valence-electron chi connectivity index (χ4n) is 2.78. The van der Waals surface area contributed by atoms with Crippen molar-refractivity contribution < 1.29 is 14.1 Å².